The fourth-order valence-electron chi connectivity index (χ4n) is 3.80. The highest BCUT2D eigenvalue weighted by Crippen LogP contribution is 2.16. The molecule has 0 saturated carbocycles. The number of aromatic nitrogens is 1. The minimum atomic E-state index is -0.848. The maximum atomic E-state index is 12.9. The van der Waals surface area contributed by atoms with Crippen molar-refractivity contribution >= 4 is 47.7 Å². The summed E-state index contributed by atoms with van der Waals surface area (Å²) in [6, 6.07) is 7.66. The third-order valence-corrected chi connectivity index (χ3v) is 5.42. The van der Waals surface area contributed by atoms with E-state index in [0.29, 0.717) is 48.4 Å². The van der Waals surface area contributed by atoms with Crippen molar-refractivity contribution < 1.29 is 28.7 Å². The predicted octanol–water partition coefficient (Wildman–Crippen LogP) is 4.35. The van der Waals surface area contributed by atoms with Crippen molar-refractivity contribution in [2.45, 2.75) is 84.5 Å². The van der Waals surface area contributed by atoms with E-state index in [4.69, 9.17) is 15.2 Å². The van der Waals surface area contributed by atoms with Crippen molar-refractivity contribution in [2.75, 3.05) is 17.6 Å². The van der Waals surface area contributed by atoms with E-state index in [-0.39, 0.29) is 30.6 Å². The van der Waals surface area contributed by atoms with Gasteiger partial charge < -0.3 is 35.7 Å². The van der Waals surface area contributed by atoms with Crippen molar-refractivity contribution in [3.05, 3.63) is 47.8 Å². The number of halogens is 1. The second kappa shape index (κ2) is 15.3. The molecule has 2 aromatic rings. The summed E-state index contributed by atoms with van der Waals surface area (Å²) >= 11 is 0. The Morgan fingerprint density at radius 3 is 2.22 bits per heavy atom. The molecule has 0 radical (unpaired) electrons. The van der Waals surface area contributed by atoms with Crippen molar-refractivity contribution in [3.63, 3.8) is 0 Å². The maximum absolute atomic E-state index is 12.9. The summed E-state index contributed by atoms with van der Waals surface area (Å²) in [5.74, 6) is -1.21. The minimum Gasteiger partial charge on any atom is -0.458 e. The molecule has 0 aliphatic rings. The van der Waals surface area contributed by atoms with Gasteiger partial charge in [0, 0.05) is 25.5 Å². The Morgan fingerprint density at radius 1 is 0.976 bits per heavy atom. The maximum Gasteiger partial charge on any atom is 0.407 e. The van der Waals surface area contributed by atoms with Crippen molar-refractivity contribution in [1.29, 1.82) is 0 Å². The minimum absolute atomic E-state index is 0. The van der Waals surface area contributed by atoms with E-state index in [1.54, 1.807) is 89.7 Å². The number of esters is 1. The summed E-state index contributed by atoms with van der Waals surface area (Å²) in [6.45, 7) is 11.0. The first-order valence-electron chi connectivity index (χ1n) is 13.3. The topological polar surface area (TPSA) is 154 Å². The number of nitrogens with one attached hydrogen (secondary N) is 3. The second-order valence-corrected chi connectivity index (χ2v) is 11.7. The van der Waals surface area contributed by atoms with Gasteiger partial charge in [-0.3, -0.25) is 9.59 Å². The van der Waals surface area contributed by atoms with E-state index in [9.17, 15) is 19.2 Å². The molecule has 0 aliphatic heterocycles. The van der Waals surface area contributed by atoms with Gasteiger partial charge >= 0.3 is 12.1 Å². The molecule has 1 unspecified atom stereocenters. The van der Waals surface area contributed by atoms with E-state index in [0.717, 1.165) is 0 Å². The lowest BCUT2D eigenvalue weighted by molar-refractivity contribution is -0.158. The van der Waals surface area contributed by atoms with Crippen molar-refractivity contribution in [1.82, 2.24) is 15.2 Å². The molecule has 11 nitrogen and oxygen atoms in total. The Labute approximate surface area is 248 Å². The molecule has 0 saturated heterocycles. The molecule has 0 aliphatic carbocycles. The molecule has 0 spiro atoms. The molecule has 1 aromatic carbocycles. The number of amides is 3. The van der Waals surface area contributed by atoms with E-state index in [2.05, 4.69) is 16.0 Å². The van der Waals surface area contributed by atoms with Gasteiger partial charge in [-0.1, -0.05) is 12.1 Å². The molecule has 228 valence electrons. The number of hydrogen-bond acceptors (Lipinski definition) is 7. The highest BCUT2D eigenvalue weighted by Gasteiger charge is 2.26. The van der Waals surface area contributed by atoms with Crippen LogP contribution < -0.4 is 21.7 Å². The van der Waals surface area contributed by atoms with E-state index in [1.807, 2.05) is 0 Å². The van der Waals surface area contributed by atoms with Gasteiger partial charge in [-0.25, -0.2) is 9.59 Å². The van der Waals surface area contributed by atoms with Crippen LogP contribution in [0.1, 0.15) is 76.9 Å². The number of nitrogen functional groups attached to an aromatic ring is 1. The lowest BCUT2D eigenvalue weighted by atomic mass is 10.1. The van der Waals surface area contributed by atoms with E-state index in [1.165, 1.54) is 0 Å². The molecule has 0 fully saturated rings. The Balaban J connectivity index is 0.00000840. The number of hydrogen-bond donors (Lipinski definition) is 4. The summed E-state index contributed by atoms with van der Waals surface area (Å²) < 4.78 is 12.4. The third-order valence-electron chi connectivity index (χ3n) is 5.42. The Hall–Kier alpha value is -3.73. The molecule has 2 rings (SSSR count). The molecule has 41 heavy (non-hydrogen) atoms. The molecule has 1 atom stereocenters. The number of alkyl carbamates (subject to hydrolysis) is 1. The Morgan fingerprint density at radius 2 is 1.63 bits per heavy atom. The first-order valence-corrected chi connectivity index (χ1v) is 13.3. The van der Waals surface area contributed by atoms with Crippen LogP contribution in [0.4, 0.5) is 16.2 Å². The fourth-order valence-corrected chi connectivity index (χ4v) is 3.80. The van der Waals surface area contributed by atoms with E-state index < -0.39 is 29.3 Å². The summed E-state index contributed by atoms with van der Waals surface area (Å²) in [6.07, 6.45) is 2.63. The van der Waals surface area contributed by atoms with Gasteiger partial charge in [0.05, 0.1) is 12.1 Å². The predicted molar refractivity (Wildman–Crippen MR) is 161 cm³/mol. The highest BCUT2D eigenvalue weighted by atomic mass is 35.5. The number of unbranched alkanes of at least 4 members (excludes halogenated alkanes) is 1. The fraction of sp³-hybridized carbons (Fsp3) is 0.517. The van der Waals surface area contributed by atoms with Crippen molar-refractivity contribution in [3.8, 4) is 0 Å². The molecule has 5 N–H and O–H groups in total. The number of carbonyl (C=O) groups is 4. The SMILES string of the molecule is Cl.Cn1cc(N)cc1C(=O)Nc1cccc(CC(=O)NC(CCCCNC(=O)OC(C)(C)C)C(=O)OC(C)(C)C)c1. The van der Waals surface area contributed by atoms with Crippen LogP contribution in [0.5, 0.6) is 0 Å². The quantitative estimate of drug-likeness (QED) is 0.223. The van der Waals surface area contributed by atoms with Gasteiger partial charge in [-0.2, -0.15) is 0 Å². The second-order valence-electron chi connectivity index (χ2n) is 11.7. The number of anilines is 2. The zero-order valence-electron chi connectivity index (χ0n) is 25.0. The molecule has 1 aromatic heterocycles. The number of nitrogens with zero attached hydrogens (tertiary/aromatic N) is 1. The zero-order chi connectivity index (χ0) is 30.1. The van der Waals surface area contributed by atoms with E-state index >= 15 is 0 Å². The summed E-state index contributed by atoms with van der Waals surface area (Å²) in [7, 11) is 1.73. The number of nitrogens with two attached hydrogens (primary N) is 1. The van der Waals surface area contributed by atoms with Gasteiger partial charge in [0.2, 0.25) is 5.91 Å². The summed E-state index contributed by atoms with van der Waals surface area (Å²) in [4.78, 5) is 50.2. The lowest BCUT2D eigenvalue weighted by Crippen LogP contribution is -2.44. The first-order chi connectivity index (χ1) is 18.5. The van der Waals surface area contributed by atoms with Crippen LogP contribution in [0, 0.1) is 0 Å². The average molecular weight is 594 g/mol. The standard InChI is InChI=1S/C29H43N5O6.ClH/c1-28(2,3)39-26(37)22(13-8-9-14-31-27(38)40-29(4,5)6)33-24(35)16-19-11-10-12-21(15-19)32-25(36)23-17-20(30)18-34(23)7;/h10-12,15,17-18,22H,8-9,13-14,16,30H2,1-7H3,(H,31,38)(H,32,36)(H,33,35);1H. The van der Waals surface area contributed by atoms with Gasteiger partial charge in [-0.05, 0) is 84.6 Å². The number of rotatable bonds is 11. The molecule has 0 bridgehead atoms. The first kappa shape index (κ1) is 35.3. The van der Waals surface area contributed by atoms with Gasteiger partial charge in [0.25, 0.3) is 5.91 Å². The van der Waals surface area contributed by atoms with Gasteiger partial charge in [0.15, 0.2) is 0 Å². The van der Waals surface area contributed by atoms with Crippen LogP contribution in [-0.2, 0) is 32.5 Å². The van der Waals surface area contributed by atoms with Gasteiger partial charge in [0.1, 0.15) is 22.9 Å². The third kappa shape index (κ3) is 13.5. The summed E-state index contributed by atoms with van der Waals surface area (Å²) in [5.41, 5.74) is 6.53. The highest BCUT2D eigenvalue weighted by molar-refractivity contribution is 6.03. The molecular formula is C29H44ClN5O6. The molecule has 1 heterocycles. The van der Waals surface area contributed by atoms with Crippen molar-refractivity contribution in [2.24, 2.45) is 7.05 Å². The molecule has 3 amide bonds. The smallest absolute Gasteiger partial charge is 0.407 e. The van der Waals surface area contributed by atoms with Crippen LogP contribution in [0.3, 0.4) is 0 Å². The molecule has 12 heteroatoms. The number of ether oxygens (including phenoxy) is 2. The monoisotopic (exact) mass is 593 g/mol. The molecular weight excluding hydrogens is 550 g/mol. The van der Waals surface area contributed by atoms with Gasteiger partial charge in [-0.15, -0.1) is 12.4 Å². The van der Waals surface area contributed by atoms with Crippen LogP contribution in [0.25, 0.3) is 0 Å². The van der Waals surface area contributed by atoms with Crippen LogP contribution >= 0.6 is 12.4 Å². The van der Waals surface area contributed by atoms with Crippen LogP contribution in [0.2, 0.25) is 0 Å². The normalized spacial score (nSPS) is 12.0. The average Bonchev–Trinajstić information content (AvgIpc) is 3.13. The zero-order valence-corrected chi connectivity index (χ0v) is 25.8. The number of benzene rings is 1. The summed E-state index contributed by atoms with van der Waals surface area (Å²) in [5, 5.41) is 8.28. The largest absolute Gasteiger partial charge is 0.458 e. The Kier molecular flexibility index (Phi) is 13.2. The van der Waals surface area contributed by atoms with Crippen LogP contribution in [-0.4, -0.2) is 52.2 Å². The number of aryl methyl sites for hydroxylation is 1. The Bertz CT molecular complexity index is 1200. The lowest BCUT2D eigenvalue weighted by Gasteiger charge is -2.25. The number of carbonyl (C=O) groups excluding carboxylic acids is 4. The van der Waals surface area contributed by atoms with Crippen LogP contribution in [0.15, 0.2) is 36.5 Å².